The summed E-state index contributed by atoms with van der Waals surface area (Å²) < 4.78 is 0. The van der Waals surface area contributed by atoms with Gasteiger partial charge < -0.3 is 5.32 Å². The SMILES string of the molecule is Cc1cc2c(Nc3cccc(CCCCl)c3)ncnc2s1. The molecule has 0 fully saturated rings. The number of halogens is 1. The molecule has 0 atom stereocenters. The molecule has 0 unspecified atom stereocenters. The number of aryl methyl sites for hydroxylation is 2. The first-order valence-electron chi connectivity index (χ1n) is 6.89. The maximum Gasteiger partial charge on any atom is 0.142 e. The van der Waals surface area contributed by atoms with Gasteiger partial charge in [0, 0.05) is 16.4 Å². The number of aromatic nitrogens is 2. The number of hydrogen-bond acceptors (Lipinski definition) is 4. The summed E-state index contributed by atoms with van der Waals surface area (Å²) in [4.78, 5) is 10.9. The molecule has 0 radical (unpaired) electrons. The van der Waals surface area contributed by atoms with E-state index in [-0.39, 0.29) is 0 Å². The molecule has 3 nitrogen and oxygen atoms in total. The van der Waals surface area contributed by atoms with E-state index < -0.39 is 0 Å². The molecule has 2 aromatic heterocycles. The van der Waals surface area contributed by atoms with Crippen molar-refractivity contribution >= 4 is 44.7 Å². The number of rotatable bonds is 5. The minimum atomic E-state index is 0.693. The molecule has 21 heavy (non-hydrogen) atoms. The molecule has 108 valence electrons. The van der Waals surface area contributed by atoms with Crippen LogP contribution in [0.25, 0.3) is 10.2 Å². The summed E-state index contributed by atoms with van der Waals surface area (Å²) in [5, 5.41) is 4.47. The van der Waals surface area contributed by atoms with E-state index in [1.165, 1.54) is 10.4 Å². The number of nitrogens with one attached hydrogen (secondary N) is 1. The topological polar surface area (TPSA) is 37.8 Å². The van der Waals surface area contributed by atoms with Crippen LogP contribution >= 0.6 is 22.9 Å². The van der Waals surface area contributed by atoms with Crippen LogP contribution < -0.4 is 5.32 Å². The van der Waals surface area contributed by atoms with Gasteiger partial charge in [-0.05, 0) is 43.5 Å². The van der Waals surface area contributed by atoms with Crippen molar-refractivity contribution in [2.24, 2.45) is 0 Å². The molecule has 0 amide bonds. The van der Waals surface area contributed by atoms with E-state index in [0.29, 0.717) is 5.88 Å². The van der Waals surface area contributed by atoms with E-state index in [2.05, 4.69) is 52.5 Å². The highest BCUT2D eigenvalue weighted by Crippen LogP contribution is 2.29. The first kappa shape index (κ1) is 14.3. The second-order valence-corrected chi connectivity index (χ2v) is 6.53. The lowest BCUT2D eigenvalue weighted by Crippen LogP contribution is -1.96. The summed E-state index contributed by atoms with van der Waals surface area (Å²) in [5.74, 6) is 1.55. The predicted octanol–water partition coefficient (Wildman–Crippen LogP) is 4.91. The summed E-state index contributed by atoms with van der Waals surface area (Å²) >= 11 is 7.44. The zero-order valence-corrected chi connectivity index (χ0v) is 13.3. The number of fused-ring (bicyclic) bond motifs is 1. The van der Waals surface area contributed by atoms with E-state index >= 15 is 0 Å². The second-order valence-electron chi connectivity index (χ2n) is 4.92. The van der Waals surface area contributed by atoms with Crippen molar-refractivity contribution in [3.05, 3.63) is 47.1 Å². The first-order valence-corrected chi connectivity index (χ1v) is 8.24. The van der Waals surface area contributed by atoms with Gasteiger partial charge in [-0.2, -0.15) is 0 Å². The lowest BCUT2D eigenvalue weighted by molar-refractivity contribution is 0.929. The number of anilines is 2. The Morgan fingerprint density at radius 2 is 2.14 bits per heavy atom. The molecule has 5 heteroatoms. The summed E-state index contributed by atoms with van der Waals surface area (Å²) in [6.45, 7) is 2.09. The first-order chi connectivity index (χ1) is 10.3. The van der Waals surface area contributed by atoms with Crippen LogP contribution in [0.1, 0.15) is 16.9 Å². The molecular formula is C16H16ClN3S. The lowest BCUT2D eigenvalue weighted by atomic mass is 10.1. The van der Waals surface area contributed by atoms with Crippen molar-refractivity contribution in [1.29, 1.82) is 0 Å². The fourth-order valence-corrected chi connectivity index (χ4v) is 3.27. The Kier molecular flexibility index (Phi) is 4.36. The molecule has 0 spiro atoms. The Labute approximate surface area is 133 Å². The molecule has 3 aromatic rings. The zero-order valence-electron chi connectivity index (χ0n) is 11.8. The van der Waals surface area contributed by atoms with Gasteiger partial charge in [-0.25, -0.2) is 9.97 Å². The van der Waals surface area contributed by atoms with Gasteiger partial charge in [-0.3, -0.25) is 0 Å². The highest BCUT2D eigenvalue weighted by Gasteiger charge is 2.07. The minimum absolute atomic E-state index is 0.693. The Morgan fingerprint density at radius 1 is 1.24 bits per heavy atom. The van der Waals surface area contributed by atoms with E-state index in [1.807, 2.05) is 0 Å². The largest absolute Gasteiger partial charge is 0.340 e. The average Bonchev–Trinajstić information content (AvgIpc) is 2.87. The van der Waals surface area contributed by atoms with Crippen molar-refractivity contribution < 1.29 is 0 Å². The molecule has 0 aliphatic rings. The molecular weight excluding hydrogens is 302 g/mol. The van der Waals surface area contributed by atoms with Gasteiger partial charge in [0.05, 0.1) is 5.39 Å². The van der Waals surface area contributed by atoms with Gasteiger partial charge in [0.2, 0.25) is 0 Å². The third kappa shape index (κ3) is 3.34. The fraction of sp³-hybridized carbons (Fsp3) is 0.250. The van der Waals surface area contributed by atoms with E-state index in [9.17, 15) is 0 Å². The van der Waals surface area contributed by atoms with Crippen LogP contribution in [0.5, 0.6) is 0 Å². The molecule has 0 bridgehead atoms. The van der Waals surface area contributed by atoms with Crippen molar-refractivity contribution in [3.63, 3.8) is 0 Å². The maximum atomic E-state index is 5.76. The molecule has 3 rings (SSSR count). The molecule has 0 saturated carbocycles. The van der Waals surface area contributed by atoms with Crippen molar-refractivity contribution in [1.82, 2.24) is 9.97 Å². The molecule has 1 N–H and O–H groups in total. The van der Waals surface area contributed by atoms with Gasteiger partial charge >= 0.3 is 0 Å². The summed E-state index contributed by atoms with van der Waals surface area (Å²) in [5.41, 5.74) is 2.33. The quantitative estimate of drug-likeness (QED) is 0.679. The van der Waals surface area contributed by atoms with Crippen molar-refractivity contribution in [2.75, 3.05) is 11.2 Å². The number of thiophene rings is 1. The summed E-state index contributed by atoms with van der Waals surface area (Å²) in [6, 6.07) is 10.5. The normalized spacial score (nSPS) is 11.0. The van der Waals surface area contributed by atoms with Crippen LogP contribution in [-0.4, -0.2) is 15.8 Å². The Bertz CT molecular complexity index is 754. The Morgan fingerprint density at radius 3 is 3.00 bits per heavy atom. The average molecular weight is 318 g/mol. The Hall–Kier alpha value is -1.65. The number of hydrogen-bond donors (Lipinski definition) is 1. The summed E-state index contributed by atoms with van der Waals surface area (Å²) in [7, 11) is 0. The number of benzene rings is 1. The monoisotopic (exact) mass is 317 g/mol. The van der Waals surface area contributed by atoms with Crippen LogP contribution in [-0.2, 0) is 6.42 Å². The number of alkyl halides is 1. The number of nitrogens with zero attached hydrogens (tertiary/aromatic N) is 2. The van der Waals surface area contributed by atoms with E-state index in [1.54, 1.807) is 17.7 Å². The van der Waals surface area contributed by atoms with Crippen LogP contribution in [0.2, 0.25) is 0 Å². The second kappa shape index (κ2) is 6.41. The highest BCUT2D eigenvalue weighted by atomic mass is 35.5. The van der Waals surface area contributed by atoms with Crippen LogP contribution in [0, 0.1) is 6.92 Å². The van der Waals surface area contributed by atoms with Gasteiger partial charge in [0.1, 0.15) is 17.0 Å². The fourth-order valence-electron chi connectivity index (χ4n) is 2.29. The zero-order chi connectivity index (χ0) is 14.7. The standard InChI is InChI=1S/C16H16ClN3S/c1-11-8-14-15(18-10-19-16(14)21-11)20-13-6-2-4-12(9-13)5-3-7-17/h2,4,6,8-10H,3,5,7H2,1H3,(H,18,19,20). The molecule has 1 aromatic carbocycles. The van der Waals surface area contributed by atoms with E-state index in [4.69, 9.17) is 11.6 Å². The highest BCUT2D eigenvalue weighted by molar-refractivity contribution is 7.18. The van der Waals surface area contributed by atoms with Gasteiger partial charge in [0.15, 0.2) is 0 Å². The predicted molar refractivity (Wildman–Crippen MR) is 90.9 cm³/mol. The van der Waals surface area contributed by atoms with Gasteiger partial charge in [0.25, 0.3) is 0 Å². The van der Waals surface area contributed by atoms with Crippen LogP contribution in [0.15, 0.2) is 36.7 Å². The third-order valence-electron chi connectivity index (χ3n) is 3.24. The third-order valence-corrected chi connectivity index (χ3v) is 4.47. The Balaban J connectivity index is 1.88. The molecule has 0 aliphatic heterocycles. The van der Waals surface area contributed by atoms with Crippen LogP contribution in [0.4, 0.5) is 11.5 Å². The van der Waals surface area contributed by atoms with Gasteiger partial charge in [-0.1, -0.05) is 12.1 Å². The lowest BCUT2D eigenvalue weighted by Gasteiger charge is -2.08. The smallest absolute Gasteiger partial charge is 0.142 e. The van der Waals surface area contributed by atoms with Crippen LogP contribution in [0.3, 0.4) is 0 Å². The van der Waals surface area contributed by atoms with Crippen molar-refractivity contribution in [3.8, 4) is 0 Å². The minimum Gasteiger partial charge on any atom is -0.340 e. The van der Waals surface area contributed by atoms with Crippen molar-refractivity contribution in [2.45, 2.75) is 19.8 Å². The van der Waals surface area contributed by atoms with Gasteiger partial charge in [-0.15, -0.1) is 22.9 Å². The molecule has 0 saturated heterocycles. The maximum absolute atomic E-state index is 5.76. The van der Waals surface area contributed by atoms with E-state index in [0.717, 1.165) is 34.6 Å². The molecule has 0 aliphatic carbocycles. The summed E-state index contributed by atoms with van der Waals surface area (Å²) in [6.07, 6.45) is 3.60. The molecule has 2 heterocycles.